The van der Waals surface area contributed by atoms with Gasteiger partial charge in [-0.05, 0) is 90.6 Å². The molecule has 356 valence electrons. The van der Waals surface area contributed by atoms with Gasteiger partial charge in [-0.3, -0.25) is 39.0 Å². The van der Waals surface area contributed by atoms with E-state index in [9.17, 15) is 41.9 Å². The SMILES string of the molecule is CC(C)(CCNc1cccc2c1C(=O)N(C1CCC(=O)NC1=O)C2=O)CC(C)(C)C(=O)NCCCn1cc(-c2ccc3c(c2)CCN3C(=O)Cc2cccc(OC(F)(F)F)c2)c2c(N)ncnc21. The summed E-state index contributed by atoms with van der Waals surface area (Å²) in [4.78, 5) is 89.5. The number of rotatable bonds is 16. The average Bonchev–Trinajstić information content (AvgIpc) is 3.94. The van der Waals surface area contributed by atoms with Crippen LogP contribution in [-0.2, 0) is 38.6 Å². The summed E-state index contributed by atoms with van der Waals surface area (Å²) in [5.74, 6) is -2.70. The number of alkyl halides is 3. The van der Waals surface area contributed by atoms with Crippen LogP contribution in [0.3, 0.4) is 0 Å². The van der Waals surface area contributed by atoms with E-state index in [-0.39, 0.29) is 53.4 Å². The molecule has 5 heterocycles. The van der Waals surface area contributed by atoms with Crippen LogP contribution in [-0.4, -0.2) is 86.9 Å². The Morgan fingerprint density at radius 2 is 1.71 bits per heavy atom. The molecule has 1 fully saturated rings. The Hall–Kier alpha value is -7.31. The first-order valence-electron chi connectivity index (χ1n) is 22.4. The topological polar surface area (TPSA) is 211 Å². The molecule has 1 atom stereocenters. The van der Waals surface area contributed by atoms with Crippen LogP contribution in [0.15, 0.2) is 73.2 Å². The third-order valence-corrected chi connectivity index (χ3v) is 12.7. The fourth-order valence-electron chi connectivity index (χ4n) is 9.74. The van der Waals surface area contributed by atoms with Crippen LogP contribution in [0.25, 0.3) is 22.2 Å². The lowest BCUT2D eigenvalue weighted by atomic mass is 9.73. The van der Waals surface area contributed by atoms with Gasteiger partial charge in [0.2, 0.25) is 23.6 Å². The fraction of sp³-hybridized carbons (Fsp3) is 0.388. The molecule has 2 aromatic heterocycles. The van der Waals surface area contributed by atoms with Crippen molar-refractivity contribution in [1.82, 2.24) is 30.1 Å². The zero-order valence-electron chi connectivity index (χ0n) is 38.1. The van der Waals surface area contributed by atoms with Crippen molar-refractivity contribution in [2.45, 2.75) is 91.6 Å². The summed E-state index contributed by atoms with van der Waals surface area (Å²) in [5.41, 5.74) is 10.6. The zero-order valence-corrected chi connectivity index (χ0v) is 38.1. The number of benzene rings is 3. The molecule has 5 aromatic rings. The molecule has 3 aliphatic rings. The van der Waals surface area contributed by atoms with Gasteiger partial charge in [0.15, 0.2) is 0 Å². The Morgan fingerprint density at radius 3 is 2.47 bits per heavy atom. The van der Waals surface area contributed by atoms with Crippen molar-refractivity contribution in [3.63, 3.8) is 0 Å². The second-order valence-electron chi connectivity index (χ2n) is 18.9. The number of carbonyl (C=O) groups is 6. The Kier molecular flexibility index (Phi) is 12.8. The number of hydrogen-bond acceptors (Lipinski definition) is 11. The molecule has 1 unspecified atom stereocenters. The number of ether oxygens (including phenoxy) is 1. The Bertz CT molecular complexity index is 2860. The van der Waals surface area contributed by atoms with Crippen molar-refractivity contribution in [3.8, 4) is 16.9 Å². The van der Waals surface area contributed by atoms with Gasteiger partial charge >= 0.3 is 6.36 Å². The fourth-order valence-corrected chi connectivity index (χ4v) is 9.74. The highest BCUT2D eigenvalue weighted by Gasteiger charge is 2.46. The van der Waals surface area contributed by atoms with Crippen molar-refractivity contribution in [2.75, 3.05) is 35.6 Å². The van der Waals surface area contributed by atoms with Gasteiger partial charge in [-0.2, -0.15) is 0 Å². The van der Waals surface area contributed by atoms with Crippen molar-refractivity contribution in [2.24, 2.45) is 10.8 Å². The molecule has 0 aliphatic carbocycles. The lowest BCUT2D eigenvalue weighted by Crippen LogP contribution is -2.54. The first kappa shape index (κ1) is 47.2. The van der Waals surface area contributed by atoms with Gasteiger partial charge in [0.25, 0.3) is 11.8 Å². The third-order valence-electron chi connectivity index (χ3n) is 12.7. The van der Waals surface area contributed by atoms with Crippen LogP contribution in [0.2, 0.25) is 0 Å². The summed E-state index contributed by atoms with van der Waals surface area (Å²) in [6, 6.07) is 15.0. The number of carbonyl (C=O) groups excluding carboxylic acids is 6. The van der Waals surface area contributed by atoms with Crippen LogP contribution in [0.4, 0.5) is 30.4 Å². The first-order chi connectivity index (χ1) is 32.2. The lowest BCUT2D eigenvalue weighted by molar-refractivity contribution is -0.274. The number of anilines is 3. The van der Waals surface area contributed by atoms with E-state index in [1.54, 1.807) is 29.2 Å². The number of fused-ring (bicyclic) bond motifs is 3. The van der Waals surface area contributed by atoms with Crippen molar-refractivity contribution in [3.05, 3.63) is 95.4 Å². The molecule has 0 radical (unpaired) electrons. The zero-order chi connectivity index (χ0) is 48.7. The molecule has 0 bridgehead atoms. The molecule has 1 saturated heterocycles. The molecular formula is C49H52F3N9O7. The number of nitrogen functional groups attached to an aromatic ring is 1. The molecule has 3 aliphatic heterocycles. The van der Waals surface area contributed by atoms with Crippen molar-refractivity contribution < 1.29 is 46.7 Å². The second-order valence-corrected chi connectivity index (χ2v) is 18.9. The molecule has 16 nitrogen and oxygen atoms in total. The average molecular weight is 936 g/mol. The van der Waals surface area contributed by atoms with E-state index in [2.05, 4.69) is 44.5 Å². The van der Waals surface area contributed by atoms with Gasteiger partial charge in [0, 0.05) is 61.1 Å². The summed E-state index contributed by atoms with van der Waals surface area (Å²) in [6.45, 7) is 9.71. The maximum Gasteiger partial charge on any atom is 0.573 e. The van der Waals surface area contributed by atoms with Crippen molar-refractivity contribution in [1.29, 1.82) is 0 Å². The number of aromatic nitrogens is 3. The van der Waals surface area contributed by atoms with Crippen LogP contribution in [0, 0.1) is 10.8 Å². The number of nitrogens with zero attached hydrogens (tertiary/aromatic N) is 5. The maximum absolute atomic E-state index is 13.6. The van der Waals surface area contributed by atoms with Gasteiger partial charge in [0.05, 0.1) is 22.9 Å². The summed E-state index contributed by atoms with van der Waals surface area (Å²) in [5, 5.41) is 9.30. The standard InChI is InChI=1S/C49H52F3N9O7/c1-47(2,17-19-54-34-11-6-10-32-39(34)45(66)61(44(32)65)36-14-15-37(62)58-43(36)64)26-48(3,4)46(67)55-18-7-20-59-25-33(40-41(53)56-27-57-42(40)59)29-12-13-35-30(24-29)16-21-60(35)38(63)23-28-8-5-9-31(22-28)68-49(50,51)52/h5-6,8-13,22,24-25,27,36,54H,7,14-21,23,26H2,1-4H3,(H,55,67)(H2,53,56,57)(H,58,62,64). The molecule has 8 rings (SSSR count). The normalized spacial score (nSPS) is 16.2. The maximum atomic E-state index is 13.6. The number of hydrogen-bond donors (Lipinski definition) is 4. The number of nitrogens with one attached hydrogen (secondary N) is 3. The van der Waals surface area contributed by atoms with E-state index in [1.165, 1.54) is 24.5 Å². The summed E-state index contributed by atoms with van der Waals surface area (Å²) >= 11 is 0. The predicted molar refractivity (Wildman–Crippen MR) is 246 cm³/mol. The highest BCUT2D eigenvalue weighted by atomic mass is 19.4. The van der Waals surface area contributed by atoms with Crippen LogP contribution >= 0.6 is 0 Å². The van der Waals surface area contributed by atoms with Crippen LogP contribution < -0.4 is 31.3 Å². The minimum atomic E-state index is -4.84. The highest BCUT2D eigenvalue weighted by molar-refractivity contribution is 6.25. The van der Waals surface area contributed by atoms with E-state index < -0.39 is 41.4 Å². The number of amides is 6. The largest absolute Gasteiger partial charge is 0.573 e. The van der Waals surface area contributed by atoms with Gasteiger partial charge in [0.1, 0.15) is 29.6 Å². The van der Waals surface area contributed by atoms with E-state index in [4.69, 9.17) is 5.73 Å². The minimum absolute atomic E-state index is 0.0328. The van der Waals surface area contributed by atoms with E-state index >= 15 is 0 Å². The molecule has 0 saturated carbocycles. The lowest BCUT2D eigenvalue weighted by Gasteiger charge is -2.34. The summed E-state index contributed by atoms with van der Waals surface area (Å²) in [7, 11) is 0. The summed E-state index contributed by atoms with van der Waals surface area (Å²) in [6.07, 6.45) is 0.858. The summed E-state index contributed by atoms with van der Waals surface area (Å²) < 4.78 is 44.3. The smallest absolute Gasteiger partial charge is 0.406 e. The van der Waals surface area contributed by atoms with E-state index in [1.807, 2.05) is 42.8 Å². The molecular weight excluding hydrogens is 884 g/mol. The molecule has 5 N–H and O–H groups in total. The highest BCUT2D eigenvalue weighted by Crippen LogP contribution is 2.40. The predicted octanol–water partition coefficient (Wildman–Crippen LogP) is 6.56. The number of imide groups is 2. The number of piperidine rings is 1. The van der Waals surface area contributed by atoms with E-state index in [0.29, 0.717) is 80.0 Å². The second kappa shape index (κ2) is 18.4. The quantitative estimate of drug-likeness (QED) is 0.0615. The van der Waals surface area contributed by atoms with Crippen molar-refractivity contribution >= 4 is 63.7 Å². The minimum Gasteiger partial charge on any atom is -0.406 e. The Morgan fingerprint density at radius 1 is 0.926 bits per heavy atom. The monoisotopic (exact) mass is 935 g/mol. The third kappa shape index (κ3) is 9.87. The molecule has 68 heavy (non-hydrogen) atoms. The van der Waals surface area contributed by atoms with E-state index in [0.717, 1.165) is 27.3 Å². The van der Waals surface area contributed by atoms with Gasteiger partial charge in [-0.25, -0.2) is 9.97 Å². The molecule has 6 amide bonds. The van der Waals surface area contributed by atoms with Gasteiger partial charge < -0.3 is 30.6 Å². The number of aryl methyl sites for hydroxylation is 1. The molecule has 3 aromatic carbocycles. The van der Waals surface area contributed by atoms with Gasteiger partial charge in [-0.1, -0.05) is 52.0 Å². The first-order valence-corrected chi connectivity index (χ1v) is 22.4. The number of nitrogens with two attached hydrogens (primary N) is 1. The van der Waals surface area contributed by atoms with Crippen LogP contribution in [0.1, 0.15) is 91.6 Å². The molecule has 0 spiro atoms. The van der Waals surface area contributed by atoms with Crippen LogP contribution in [0.5, 0.6) is 5.75 Å². The Labute approximate surface area is 389 Å². The molecule has 19 heteroatoms. The number of halogens is 3. The Balaban J connectivity index is 0.851. The van der Waals surface area contributed by atoms with Gasteiger partial charge in [-0.15, -0.1) is 13.2 Å².